The zero-order valence-corrected chi connectivity index (χ0v) is 11.5. The molecule has 0 aliphatic carbocycles. The summed E-state index contributed by atoms with van der Waals surface area (Å²) in [6.45, 7) is 3.37. The fourth-order valence-electron chi connectivity index (χ4n) is 2.04. The van der Waals surface area contributed by atoms with Crippen molar-refractivity contribution in [2.45, 2.75) is 26.2 Å². The maximum Gasteiger partial charge on any atom is 0.416 e. The van der Waals surface area contributed by atoms with E-state index in [1.807, 2.05) is 6.92 Å². The van der Waals surface area contributed by atoms with Gasteiger partial charge in [0.2, 0.25) is 0 Å². The molecule has 100 valence electrons. The van der Waals surface area contributed by atoms with Crippen LogP contribution in [0.3, 0.4) is 0 Å². The van der Waals surface area contributed by atoms with E-state index in [0.717, 1.165) is 5.56 Å². The average molecular weight is 280 g/mol. The van der Waals surface area contributed by atoms with Crippen LogP contribution < -0.4 is 5.76 Å². The lowest BCUT2D eigenvalue weighted by Crippen LogP contribution is -2.01. The molecule has 0 aliphatic rings. The van der Waals surface area contributed by atoms with Gasteiger partial charge in [-0.1, -0.05) is 30.7 Å². The van der Waals surface area contributed by atoms with Crippen molar-refractivity contribution in [3.63, 3.8) is 0 Å². The molecule has 1 atom stereocenters. The lowest BCUT2D eigenvalue weighted by atomic mass is 9.98. The predicted octanol–water partition coefficient (Wildman–Crippen LogP) is 3.37. The Labute approximate surface area is 115 Å². The van der Waals surface area contributed by atoms with Crippen LogP contribution in [-0.2, 0) is 4.79 Å². The summed E-state index contributed by atoms with van der Waals surface area (Å²) in [6, 6.07) is 7.07. The summed E-state index contributed by atoms with van der Waals surface area (Å²) in [4.78, 5) is 25.2. The normalized spacial score (nSPS) is 12.4. The molecule has 0 aliphatic heterocycles. The number of benzene rings is 1. The van der Waals surface area contributed by atoms with Gasteiger partial charge in [-0.25, -0.2) is 4.79 Å². The molecule has 1 heterocycles. The van der Waals surface area contributed by atoms with Gasteiger partial charge in [0.25, 0.3) is 0 Å². The Morgan fingerprint density at radius 1 is 1.37 bits per heavy atom. The maximum atomic E-state index is 11.4. The summed E-state index contributed by atoms with van der Waals surface area (Å²) in [7, 11) is 0. The summed E-state index contributed by atoms with van der Waals surface area (Å²) < 4.78 is 5.17. The summed E-state index contributed by atoms with van der Waals surface area (Å²) in [6.07, 6.45) is 0.335. The Kier molecular flexibility index (Phi) is 3.90. The third kappa shape index (κ3) is 3.15. The van der Waals surface area contributed by atoms with Gasteiger partial charge >= 0.3 is 5.76 Å². The number of ketones is 1. The number of Topliss-reactive ketones (excluding diaryl/α,β-unsaturated/α-hetero) is 1. The van der Waals surface area contributed by atoms with Crippen LogP contribution in [0.15, 0.2) is 33.5 Å². The maximum absolute atomic E-state index is 11.4. The second-order valence-electron chi connectivity index (χ2n) is 4.57. The summed E-state index contributed by atoms with van der Waals surface area (Å²) >= 11 is 5.84. The van der Waals surface area contributed by atoms with Crippen LogP contribution in [0.2, 0.25) is 5.02 Å². The molecular weight excluding hydrogens is 266 g/mol. The minimum atomic E-state index is -0.518. The van der Waals surface area contributed by atoms with Gasteiger partial charge < -0.3 is 9.21 Å². The van der Waals surface area contributed by atoms with Gasteiger partial charge in [-0.2, -0.15) is 0 Å². The number of hydrogen-bond acceptors (Lipinski definition) is 3. The Hall–Kier alpha value is -1.81. The number of aromatic nitrogens is 1. The topological polar surface area (TPSA) is 63.1 Å². The number of rotatable bonds is 4. The van der Waals surface area contributed by atoms with Gasteiger partial charge in [-0.05, 0) is 19.1 Å². The molecule has 4 nitrogen and oxygen atoms in total. The number of nitrogens with one attached hydrogen (secondary N) is 1. The van der Waals surface area contributed by atoms with Crippen molar-refractivity contribution in [1.29, 1.82) is 0 Å². The number of oxazole rings is 1. The van der Waals surface area contributed by atoms with Crippen molar-refractivity contribution in [3.8, 4) is 11.3 Å². The molecule has 0 amide bonds. The van der Waals surface area contributed by atoms with Crippen LogP contribution in [0.25, 0.3) is 11.3 Å². The molecule has 1 N–H and O–H groups in total. The summed E-state index contributed by atoms with van der Waals surface area (Å²) in [5.74, 6) is -0.113. The van der Waals surface area contributed by atoms with E-state index in [9.17, 15) is 9.59 Å². The van der Waals surface area contributed by atoms with Crippen LogP contribution in [0, 0.1) is 0 Å². The van der Waals surface area contributed by atoms with Gasteiger partial charge in [0.05, 0.1) is 5.69 Å². The molecular formula is C14H14ClNO3. The molecule has 1 aromatic carbocycles. The standard InChI is InChI=1S/C14H14ClNO3/c1-8(7-9(2)17)13-12(16-14(18)19-13)10-3-5-11(15)6-4-10/h3-6,8H,7H2,1-2H3,(H,16,18). The Balaban J connectivity index is 2.43. The first-order valence-corrected chi connectivity index (χ1v) is 6.33. The number of carbonyl (C=O) groups excluding carboxylic acids is 1. The van der Waals surface area contributed by atoms with Gasteiger partial charge in [-0.15, -0.1) is 0 Å². The van der Waals surface area contributed by atoms with Crippen molar-refractivity contribution in [1.82, 2.24) is 4.98 Å². The monoisotopic (exact) mass is 279 g/mol. The Morgan fingerprint density at radius 2 is 2.00 bits per heavy atom. The smallest absolute Gasteiger partial charge is 0.412 e. The molecule has 0 saturated heterocycles. The molecule has 0 spiro atoms. The lowest BCUT2D eigenvalue weighted by Gasteiger charge is -2.08. The average Bonchev–Trinajstić information content (AvgIpc) is 2.71. The van der Waals surface area contributed by atoms with E-state index in [1.54, 1.807) is 24.3 Å². The molecule has 0 saturated carbocycles. The lowest BCUT2D eigenvalue weighted by molar-refractivity contribution is -0.117. The third-order valence-corrected chi connectivity index (χ3v) is 3.10. The number of halogens is 1. The van der Waals surface area contributed by atoms with Gasteiger partial charge in [0.15, 0.2) is 0 Å². The minimum absolute atomic E-state index is 0.0541. The predicted molar refractivity (Wildman–Crippen MR) is 73.5 cm³/mol. The number of hydrogen-bond donors (Lipinski definition) is 1. The highest BCUT2D eigenvalue weighted by molar-refractivity contribution is 6.30. The fraction of sp³-hybridized carbons (Fsp3) is 0.286. The Morgan fingerprint density at radius 3 is 2.58 bits per heavy atom. The first kappa shape index (κ1) is 13.6. The molecule has 5 heteroatoms. The highest BCUT2D eigenvalue weighted by Gasteiger charge is 2.19. The third-order valence-electron chi connectivity index (χ3n) is 2.85. The van der Waals surface area contributed by atoms with Crippen LogP contribution in [0.4, 0.5) is 0 Å². The summed E-state index contributed by atoms with van der Waals surface area (Å²) in [5, 5.41) is 0.618. The molecule has 0 fully saturated rings. The van der Waals surface area contributed by atoms with Crippen molar-refractivity contribution < 1.29 is 9.21 Å². The number of H-pyrrole nitrogens is 1. The highest BCUT2D eigenvalue weighted by Crippen LogP contribution is 2.29. The van der Waals surface area contributed by atoms with E-state index in [1.165, 1.54) is 6.92 Å². The van der Waals surface area contributed by atoms with Crippen molar-refractivity contribution in [2.24, 2.45) is 0 Å². The first-order chi connectivity index (χ1) is 8.97. The molecule has 2 aromatic rings. The molecule has 1 unspecified atom stereocenters. The zero-order valence-electron chi connectivity index (χ0n) is 10.7. The van der Waals surface area contributed by atoms with E-state index in [0.29, 0.717) is 22.9 Å². The van der Waals surface area contributed by atoms with Crippen LogP contribution in [-0.4, -0.2) is 10.8 Å². The second-order valence-corrected chi connectivity index (χ2v) is 5.00. The molecule has 0 radical (unpaired) electrons. The highest BCUT2D eigenvalue weighted by atomic mass is 35.5. The number of carbonyl (C=O) groups is 1. The van der Waals surface area contributed by atoms with Crippen molar-refractivity contribution in [2.75, 3.05) is 0 Å². The van der Waals surface area contributed by atoms with Crippen LogP contribution in [0.1, 0.15) is 31.9 Å². The minimum Gasteiger partial charge on any atom is -0.412 e. The van der Waals surface area contributed by atoms with E-state index in [-0.39, 0.29) is 11.7 Å². The zero-order chi connectivity index (χ0) is 14.0. The van der Waals surface area contributed by atoms with E-state index >= 15 is 0 Å². The largest absolute Gasteiger partial charge is 0.416 e. The van der Waals surface area contributed by atoms with Crippen molar-refractivity contribution in [3.05, 3.63) is 45.6 Å². The SMILES string of the molecule is CC(=O)CC(C)c1oc(=O)[nH]c1-c1ccc(Cl)cc1. The van der Waals surface area contributed by atoms with Crippen LogP contribution in [0.5, 0.6) is 0 Å². The van der Waals surface area contributed by atoms with Crippen molar-refractivity contribution >= 4 is 17.4 Å². The van der Waals surface area contributed by atoms with E-state index < -0.39 is 5.76 Å². The van der Waals surface area contributed by atoms with E-state index in [2.05, 4.69) is 4.98 Å². The van der Waals surface area contributed by atoms with Gasteiger partial charge in [0.1, 0.15) is 11.5 Å². The molecule has 19 heavy (non-hydrogen) atoms. The van der Waals surface area contributed by atoms with Crippen LogP contribution >= 0.6 is 11.6 Å². The first-order valence-electron chi connectivity index (χ1n) is 5.95. The molecule has 2 rings (SSSR count). The quantitative estimate of drug-likeness (QED) is 0.933. The molecule has 0 bridgehead atoms. The number of aromatic amines is 1. The second kappa shape index (κ2) is 5.45. The van der Waals surface area contributed by atoms with Gasteiger partial charge in [-0.3, -0.25) is 4.98 Å². The molecule has 1 aromatic heterocycles. The van der Waals surface area contributed by atoms with Gasteiger partial charge in [0, 0.05) is 22.9 Å². The fourth-order valence-corrected chi connectivity index (χ4v) is 2.17. The van der Waals surface area contributed by atoms with E-state index in [4.69, 9.17) is 16.0 Å². The summed E-state index contributed by atoms with van der Waals surface area (Å²) in [5.41, 5.74) is 1.41. The Bertz CT molecular complexity index is 639.